The van der Waals surface area contributed by atoms with Crippen molar-refractivity contribution in [2.45, 2.75) is 89.5 Å². The number of unbranched alkanes of at least 4 members (excludes halogenated alkanes) is 3. The maximum absolute atomic E-state index is 14.4. The first kappa shape index (κ1) is 48.6. The lowest BCUT2D eigenvalue weighted by atomic mass is 10.00. The Morgan fingerprint density at radius 1 is 0.851 bits per heavy atom. The minimum absolute atomic E-state index is 0.0232. The molecule has 13 heteroatoms. The van der Waals surface area contributed by atoms with Gasteiger partial charge in [0.05, 0.1) is 18.3 Å². The molecule has 0 spiro atoms. The summed E-state index contributed by atoms with van der Waals surface area (Å²) in [5, 5.41) is 15.1. The molecule has 0 saturated carbocycles. The number of fused-ring (bicyclic) bond motifs is 2. The predicted octanol–water partition coefficient (Wildman–Crippen LogP) is 8.78. The molecule has 2 amide bonds. The Morgan fingerprint density at radius 3 is 2.31 bits per heavy atom. The summed E-state index contributed by atoms with van der Waals surface area (Å²) < 4.78 is 13.6. The van der Waals surface area contributed by atoms with Crippen LogP contribution in [0.1, 0.15) is 73.6 Å². The van der Waals surface area contributed by atoms with Crippen LogP contribution in [0.3, 0.4) is 0 Å². The molecule has 67 heavy (non-hydrogen) atoms. The quantitative estimate of drug-likeness (QED) is 0.0476. The first-order valence-electron chi connectivity index (χ1n) is 23.3. The van der Waals surface area contributed by atoms with E-state index in [4.69, 9.17) is 21.1 Å². The summed E-state index contributed by atoms with van der Waals surface area (Å²) in [6.07, 6.45) is 9.64. The molecule has 7 rings (SSSR count). The molecule has 0 saturated heterocycles. The lowest BCUT2D eigenvalue weighted by Gasteiger charge is -2.28. The van der Waals surface area contributed by atoms with Crippen LogP contribution in [0, 0.1) is 0 Å². The fraction of sp³-hybridized carbons (Fsp3) is 0.352. The number of carbonyl (C=O) groups is 4. The Kier molecular flexibility index (Phi) is 17.7. The highest BCUT2D eigenvalue weighted by molar-refractivity contribution is 6.31. The van der Waals surface area contributed by atoms with E-state index in [0.29, 0.717) is 62.2 Å². The number of aliphatic hydroxyl groups excluding tert-OH is 1. The van der Waals surface area contributed by atoms with Gasteiger partial charge in [0, 0.05) is 66.1 Å². The van der Waals surface area contributed by atoms with E-state index in [9.17, 15) is 24.3 Å². The van der Waals surface area contributed by atoms with E-state index in [-0.39, 0.29) is 44.7 Å². The second-order valence-corrected chi connectivity index (χ2v) is 17.5. The molecule has 12 nitrogen and oxygen atoms in total. The van der Waals surface area contributed by atoms with Crippen LogP contribution in [0.15, 0.2) is 128 Å². The molecule has 2 aromatic heterocycles. The number of carbonyl (C=O) groups excluding carboxylic acids is 4. The average Bonchev–Trinajstić information content (AvgIpc) is 3.55. The van der Waals surface area contributed by atoms with Crippen molar-refractivity contribution >= 4 is 51.9 Å². The number of hydrogen-bond acceptors (Lipinski definition) is 9. The topological polar surface area (TPSA) is 143 Å². The van der Waals surface area contributed by atoms with Gasteiger partial charge in [-0.1, -0.05) is 96.9 Å². The van der Waals surface area contributed by atoms with Gasteiger partial charge >= 0.3 is 11.9 Å². The van der Waals surface area contributed by atoms with Gasteiger partial charge in [-0.3, -0.25) is 34.4 Å². The van der Waals surface area contributed by atoms with Crippen molar-refractivity contribution in [1.82, 2.24) is 19.8 Å². The average molecular weight is 927 g/mol. The first-order chi connectivity index (χ1) is 32.7. The van der Waals surface area contributed by atoms with Gasteiger partial charge in [0.15, 0.2) is 0 Å². The normalized spacial score (nSPS) is 14.0. The summed E-state index contributed by atoms with van der Waals surface area (Å²) in [5.41, 5.74) is 7.69. The number of aryl methyl sites for hydroxylation is 3. The summed E-state index contributed by atoms with van der Waals surface area (Å²) in [5.74, 6) is -1.40. The summed E-state index contributed by atoms with van der Waals surface area (Å²) >= 11 is 6.45. The van der Waals surface area contributed by atoms with Gasteiger partial charge in [-0.25, -0.2) is 0 Å². The predicted molar refractivity (Wildman–Crippen MR) is 261 cm³/mol. The number of benzene rings is 4. The lowest BCUT2D eigenvalue weighted by molar-refractivity contribution is -0.148. The van der Waals surface area contributed by atoms with Crippen LogP contribution in [0.2, 0.25) is 5.02 Å². The van der Waals surface area contributed by atoms with E-state index in [0.717, 1.165) is 58.1 Å². The van der Waals surface area contributed by atoms with Crippen LogP contribution in [0.5, 0.6) is 0 Å². The Balaban J connectivity index is 0.951. The van der Waals surface area contributed by atoms with Crippen LogP contribution in [-0.2, 0) is 61.8 Å². The van der Waals surface area contributed by atoms with Gasteiger partial charge < -0.3 is 24.0 Å². The molecule has 2 N–H and O–H groups in total. The second kappa shape index (κ2) is 24.4. The summed E-state index contributed by atoms with van der Waals surface area (Å²) in [6.45, 7) is 0.330. The molecule has 4 aromatic carbocycles. The fourth-order valence-corrected chi connectivity index (χ4v) is 9.12. The zero-order chi connectivity index (χ0) is 47.0. The van der Waals surface area contributed by atoms with Crippen molar-refractivity contribution in [2.75, 3.05) is 31.1 Å². The zero-order valence-corrected chi connectivity index (χ0v) is 38.9. The van der Waals surface area contributed by atoms with E-state index < -0.39 is 24.0 Å². The van der Waals surface area contributed by atoms with Crippen molar-refractivity contribution in [3.63, 3.8) is 0 Å². The summed E-state index contributed by atoms with van der Waals surface area (Å²) in [6, 6.07) is 34.6. The van der Waals surface area contributed by atoms with E-state index in [1.54, 1.807) is 11.1 Å². The molecule has 0 fully saturated rings. The number of nitrogens with zero attached hydrogens (tertiary/aromatic N) is 4. The molecule has 1 aliphatic heterocycles. The highest BCUT2D eigenvalue weighted by Gasteiger charge is 2.35. The third-order valence-corrected chi connectivity index (χ3v) is 12.6. The van der Waals surface area contributed by atoms with Gasteiger partial charge in [-0.15, -0.1) is 0 Å². The standard InChI is InChI=1S/C54H60ClN5O7/c1-58-49-29-27-43(55)34-45(49)44(52(58)42-21-15-30-56-35-42)22-9-4-10-25-50(62)59(32-33-61)31-14-13-23-47(54(65)67-38-40-18-7-3-8-19-40)57-46-28-26-41-20-11-12-24-48(41)60(53(46)64)36-51(63)66-37-39-16-5-2-6-17-39/h2-3,5-8,11-12,15-21,24,27,29-30,34-35,46-47,57,61H,4,9-10,13-14,22-23,25-26,28,31-33,36-38H2,1H3/t46-,47-/m0/s1. The number of aliphatic hydroxyl groups is 1. The number of ether oxygens (including phenoxy) is 2. The molecule has 3 heterocycles. The molecule has 0 radical (unpaired) electrons. The molecule has 6 aromatic rings. The lowest BCUT2D eigenvalue weighted by Crippen LogP contribution is -2.53. The fourth-order valence-electron chi connectivity index (χ4n) is 8.95. The van der Waals surface area contributed by atoms with E-state index in [1.165, 1.54) is 10.5 Å². The SMILES string of the molecule is Cn1c(-c2cccnc2)c(CCCCCC(=O)N(CCO)CCCC[C@H](N[C@H]2CCc3ccccc3N(CC(=O)OCc3ccccc3)C2=O)C(=O)OCc2ccccc2)c2cc(Cl)ccc21. The summed E-state index contributed by atoms with van der Waals surface area (Å²) in [7, 11) is 2.06. The highest BCUT2D eigenvalue weighted by atomic mass is 35.5. The Bertz CT molecular complexity index is 2570. The van der Waals surface area contributed by atoms with Gasteiger partial charge in [0.25, 0.3) is 0 Å². The molecular weight excluding hydrogens is 866 g/mol. The van der Waals surface area contributed by atoms with E-state index >= 15 is 0 Å². The molecule has 0 bridgehead atoms. The molecule has 0 aliphatic carbocycles. The maximum atomic E-state index is 14.4. The van der Waals surface area contributed by atoms with Gasteiger partial charge in [-0.2, -0.15) is 0 Å². The van der Waals surface area contributed by atoms with Gasteiger partial charge in [0.1, 0.15) is 25.8 Å². The van der Waals surface area contributed by atoms with Crippen molar-refractivity contribution in [3.05, 3.63) is 155 Å². The first-order valence-corrected chi connectivity index (χ1v) is 23.7. The van der Waals surface area contributed by atoms with Crippen molar-refractivity contribution in [1.29, 1.82) is 0 Å². The Hall–Kier alpha value is -6.34. The number of para-hydroxylation sites is 1. The van der Waals surface area contributed by atoms with Crippen LogP contribution in [0.25, 0.3) is 22.2 Å². The minimum Gasteiger partial charge on any atom is -0.460 e. The number of rotatable bonds is 23. The highest BCUT2D eigenvalue weighted by Crippen LogP contribution is 2.35. The van der Waals surface area contributed by atoms with Gasteiger partial charge in [-0.05, 0) is 110 Å². The van der Waals surface area contributed by atoms with Crippen molar-refractivity contribution in [3.8, 4) is 11.3 Å². The largest absolute Gasteiger partial charge is 0.460 e. The number of nitrogens with one attached hydrogen (secondary N) is 1. The third-order valence-electron chi connectivity index (χ3n) is 12.4. The maximum Gasteiger partial charge on any atom is 0.326 e. The van der Waals surface area contributed by atoms with Crippen LogP contribution in [-0.4, -0.2) is 81.6 Å². The van der Waals surface area contributed by atoms with Crippen molar-refractivity contribution < 1.29 is 33.8 Å². The molecule has 0 unspecified atom stereocenters. The molecular formula is C54H60ClN5O7. The monoisotopic (exact) mass is 925 g/mol. The van der Waals surface area contributed by atoms with Gasteiger partial charge in [0.2, 0.25) is 11.8 Å². The molecule has 1 aliphatic rings. The number of esters is 2. The van der Waals surface area contributed by atoms with Crippen molar-refractivity contribution in [2.24, 2.45) is 7.05 Å². The number of anilines is 1. The smallest absolute Gasteiger partial charge is 0.326 e. The second-order valence-electron chi connectivity index (χ2n) is 17.1. The Labute approximate surface area is 397 Å². The number of pyridine rings is 1. The van der Waals surface area contributed by atoms with E-state index in [1.807, 2.05) is 115 Å². The number of aromatic nitrogens is 2. The van der Waals surface area contributed by atoms with E-state index in [2.05, 4.69) is 28.0 Å². The number of halogens is 1. The number of amides is 2. The number of hydrogen-bond donors (Lipinski definition) is 2. The zero-order valence-electron chi connectivity index (χ0n) is 38.2. The Morgan fingerprint density at radius 2 is 1.58 bits per heavy atom. The summed E-state index contributed by atoms with van der Waals surface area (Å²) in [4.78, 5) is 62.5. The molecule has 2 atom stereocenters. The molecule has 350 valence electrons. The van der Waals surface area contributed by atoms with Crippen LogP contribution in [0.4, 0.5) is 5.69 Å². The van der Waals surface area contributed by atoms with Crippen LogP contribution >= 0.6 is 11.6 Å². The third kappa shape index (κ3) is 13.2. The minimum atomic E-state index is -0.843. The van der Waals surface area contributed by atoms with Crippen LogP contribution < -0.4 is 10.2 Å².